The highest BCUT2D eigenvalue weighted by Crippen LogP contribution is 2.64. The molecule has 1 aromatic carbocycles. The number of benzene rings is 1. The molecule has 1 spiro atoms. The molecule has 1 amide bonds. The van der Waals surface area contributed by atoms with Gasteiger partial charge >= 0.3 is 0 Å². The highest BCUT2D eigenvalue weighted by atomic mass is 16.5. The van der Waals surface area contributed by atoms with Gasteiger partial charge in [-0.15, -0.1) is 0 Å². The second-order valence-corrected chi connectivity index (χ2v) is 7.35. The quantitative estimate of drug-likeness (QED) is 0.863. The van der Waals surface area contributed by atoms with Crippen molar-refractivity contribution in [2.24, 2.45) is 17.6 Å². The number of ether oxygens (including phenoxy) is 1. The number of amides is 1. The van der Waals surface area contributed by atoms with Crippen molar-refractivity contribution >= 4 is 11.7 Å². The van der Waals surface area contributed by atoms with E-state index in [4.69, 9.17) is 10.5 Å². The minimum Gasteiger partial charge on any atom is -0.481 e. The summed E-state index contributed by atoms with van der Waals surface area (Å²) >= 11 is 0. The Kier molecular flexibility index (Phi) is 2.26. The number of Topliss-reactive ketones (excluding diaryl/α,β-unsaturated/α-hetero) is 1. The Balaban J connectivity index is 1.84. The van der Waals surface area contributed by atoms with Crippen molar-refractivity contribution in [1.29, 1.82) is 0 Å². The van der Waals surface area contributed by atoms with Crippen LogP contribution in [0.4, 0.5) is 0 Å². The molecule has 1 aromatic rings. The maximum atomic E-state index is 12.6. The van der Waals surface area contributed by atoms with Crippen LogP contribution in [-0.4, -0.2) is 17.8 Å². The van der Waals surface area contributed by atoms with Crippen LogP contribution in [0.1, 0.15) is 53.6 Å². The molecule has 1 heterocycles. The van der Waals surface area contributed by atoms with E-state index >= 15 is 0 Å². The van der Waals surface area contributed by atoms with E-state index in [0.717, 1.165) is 31.2 Å². The average Bonchev–Trinajstić information content (AvgIpc) is 2.82. The molecule has 0 radical (unpaired) electrons. The van der Waals surface area contributed by atoms with Crippen LogP contribution in [0.2, 0.25) is 0 Å². The Bertz CT molecular complexity index is 725. The molecule has 4 heteroatoms. The molecule has 0 unspecified atom stereocenters. The van der Waals surface area contributed by atoms with E-state index in [-0.39, 0.29) is 17.3 Å². The highest BCUT2D eigenvalue weighted by Gasteiger charge is 2.64. The lowest BCUT2D eigenvalue weighted by molar-refractivity contribution is -0.136. The lowest BCUT2D eigenvalue weighted by Gasteiger charge is -2.54. The van der Waals surface area contributed by atoms with E-state index in [1.165, 1.54) is 12.0 Å². The number of hydrogen-bond acceptors (Lipinski definition) is 3. The number of rotatable bonds is 1. The van der Waals surface area contributed by atoms with Crippen molar-refractivity contribution in [2.75, 3.05) is 0 Å². The molecular formula is C18H19NO3. The van der Waals surface area contributed by atoms with E-state index in [2.05, 4.69) is 0 Å². The van der Waals surface area contributed by atoms with Gasteiger partial charge in [0.05, 0.1) is 5.56 Å². The normalized spacial score (nSPS) is 37.5. The summed E-state index contributed by atoms with van der Waals surface area (Å²) in [5.74, 6) is 1.55. The predicted octanol–water partition coefficient (Wildman–Crippen LogP) is 2.12. The van der Waals surface area contributed by atoms with Crippen LogP contribution in [0.15, 0.2) is 12.1 Å². The zero-order chi connectivity index (χ0) is 15.1. The second kappa shape index (κ2) is 3.92. The van der Waals surface area contributed by atoms with Gasteiger partial charge in [0.2, 0.25) is 0 Å². The van der Waals surface area contributed by atoms with Crippen molar-refractivity contribution in [1.82, 2.24) is 0 Å². The third-order valence-corrected chi connectivity index (χ3v) is 6.55. The maximum absolute atomic E-state index is 12.6. The third-order valence-electron chi connectivity index (χ3n) is 6.55. The number of carbonyl (C=O) groups excluding carboxylic acids is 2. The van der Waals surface area contributed by atoms with Gasteiger partial charge in [0.25, 0.3) is 5.91 Å². The molecule has 114 valence electrons. The molecule has 2 N–H and O–H groups in total. The standard InChI is InChI=1S/C18H19NO3/c19-17(21)11-4-3-10-8-9-2-1-7-18-12(9)5-6-13(20)16(18)22-15(11)14(10)18/h3-4,9,12,16H,1-2,5-8H2,(H2,19,21)/t9-,12+,16+,18+/m1/s1. The number of primary amides is 1. The molecule has 4 aliphatic rings. The van der Waals surface area contributed by atoms with Crippen LogP contribution in [0.3, 0.4) is 0 Å². The van der Waals surface area contributed by atoms with Gasteiger partial charge in [-0.2, -0.15) is 0 Å². The molecular weight excluding hydrogens is 278 g/mol. The van der Waals surface area contributed by atoms with E-state index in [1.54, 1.807) is 6.07 Å². The van der Waals surface area contributed by atoms with Crippen LogP contribution >= 0.6 is 0 Å². The summed E-state index contributed by atoms with van der Waals surface area (Å²) in [6, 6.07) is 3.82. The van der Waals surface area contributed by atoms with E-state index in [1.807, 2.05) is 6.07 Å². The van der Waals surface area contributed by atoms with Crippen molar-refractivity contribution in [3.05, 3.63) is 28.8 Å². The van der Waals surface area contributed by atoms with Crippen LogP contribution in [0.5, 0.6) is 5.75 Å². The minimum atomic E-state index is -0.463. The lowest BCUT2D eigenvalue weighted by Crippen LogP contribution is -2.58. The molecule has 2 fully saturated rings. The van der Waals surface area contributed by atoms with Crippen molar-refractivity contribution in [3.8, 4) is 5.75 Å². The summed E-state index contributed by atoms with van der Waals surface area (Å²) in [5.41, 5.74) is 8.24. The molecule has 0 aromatic heterocycles. The summed E-state index contributed by atoms with van der Waals surface area (Å²) in [6.07, 6.45) is 5.66. The molecule has 2 saturated carbocycles. The Labute approximate surface area is 129 Å². The molecule has 4 nitrogen and oxygen atoms in total. The van der Waals surface area contributed by atoms with E-state index in [9.17, 15) is 9.59 Å². The predicted molar refractivity (Wildman–Crippen MR) is 79.8 cm³/mol. The zero-order valence-electron chi connectivity index (χ0n) is 12.4. The van der Waals surface area contributed by atoms with Crippen LogP contribution in [0.25, 0.3) is 0 Å². The minimum absolute atomic E-state index is 0.174. The summed E-state index contributed by atoms with van der Waals surface area (Å²) in [4.78, 5) is 24.3. The van der Waals surface area contributed by atoms with Gasteiger partial charge in [0, 0.05) is 17.4 Å². The fourth-order valence-corrected chi connectivity index (χ4v) is 5.88. The SMILES string of the molecule is NC(=O)c1ccc2c3c1O[C@H]1C(=O)CC[C@H]4[C@H](CCC[C@]314)C2. The number of ketones is 1. The summed E-state index contributed by atoms with van der Waals surface area (Å²) in [5, 5.41) is 0. The number of hydrogen-bond donors (Lipinski definition) is 1. The maximum Gasteiger partial charge on any atom is 0.252 e. The van der Waals surface area contributed by atoms with Crippen molar-refractivity contribution in [2.45, 2.75) is 50.0 Å². The van der Waals surface area contributed by atoms with Gasteiger partial charge in [-0.1, -0.05) is 12.5 Å². The van der Waals surface area contributed by atoms with Crippen molar-refractivity contribution in [3.63, 3.8) is 0 Å². The summed E-state index contributed by atoms with van der Waals surface area (Å²) in [6.45, 7) is 0. The average molecular weight is 297 g/mol. The van der Waals surface area contributed by atoms with Gasteiger partial charge in [-0.25, -0.2) is 0 Å². The lowest BCUT2D eigenvalue weighted by atomic mass is 9.48. The Hall–Kier alpha value is -1.84. The fourth-order valence-electron chi connectivity index (χ4n) is 5.88. The summed E-state index contributed by atoms with van der Waals surface area (Å²) in [7, 11) is 0. The molecule has 5 rings (SSSR count). The highest BCUT2D eigenvalue weighted by molar-refractivity contribution is 5.98. The molecule has 0 saturated heterocycles. The largest absolute Gasteiger partial charge is 0.481 e. The van der Waals surface area contributed by atoms with E-state index < -0.39 is 5.91 Å². The first kappa shape index (κ1) is 12.7. The monoisotopic (exact) mass is 297 g/mol. The zero-order valence-corrected chi connectivity index (χ0v) is 12.4. The van der Waals surface area contributed by atoms with Gasteiger partial charge in [-0.05, 0) is 49.1 Å². The van der Waals surface area contributed by atoms with Crippen molar-refractivity contribution < 1.29 is 14.3 Å². The van der Waals surface area contributed by atoms with Crippen LogP contribution in [0, 0.1) is 11.8 Å². The molecule has 1 aliphatic heterocycles. The van der Waals surface area contributed by atoms with Gasteiger partial charge in [-0.3, -0.25) is 9.59 Å². The van der Waals surface area contributed by atoms with Gasteiger partial charge in [0.1, 0.15) is 5.75 Å². The molecule has 22 heavy (non-hydrogen) atoms. The number of nitrogens with two attached hydrogens (primary N) is 1. The van der Waals surface area contributed by atoms with Gasteiger partial charge in [0.15, 0.2) is 11.9 Å². The van der Waals surface area contributed by atoms with Crippen LogP contribution in [-0.2, 0) is 16.6 Å². The fraction of sp³-hybridized carbons (Fsp3) is 0.556. The first-order valence-electron chi connectivity index (χ1n) is 8.28. The first-order valence-corrected chi connectivity index (χ1v) is 8.28. The molecule has 3 aliphatic carbocycles. The Morgan fingerprint density at radius 2 is 2.18 bits per heavy atom. The Morgan fingerprint density at radius 1 is 1.32 bits per heavy atom. The molecule has 4 atom stereocenters. The topological polar surface area (TPSA) is 69.4 Å². The number of carbonyl (C=O) groups is 2. The third kappa shape index (κ3) is 1.26. The van der Waals surface area contributed by atoms with E-state index in [0.29, 0.717) is 29.6 Å². The van der Waals surface area contributed by atoms with Crippen LogP contribution < -0.4 is 10.5 Å². The smallest absolute Gasteiger partial charge is 0.252 e. The van der Waals surface area contributed by atoms with Gasteiger partial charge < -0.3 is 10.5 Å². The Morgan fingerprint density at radius 3 is 3.00 bits per heavy atom. The first-order chi connectivity index (χ1) is 10.6. The molecule has 2 bridgehead atoms. The second-order valence-electron chi connectivity index (χ2n) is 7.35. The summed E-state index contributed by atoms with van der Waals surface area (Å²) < 4.78 is 6.13.